The Morgan fingerprint density at radius 2 is 1.95 bits per heavy atom. The highest BCUT2D eigenvalue weighted by atomic mass is 16.5. The van der Waals surface area contributed by atoms with Gasteiger partial charge in [-0.05, 0) is 37.2 Å². The van der Waals surface area contributed by atoms with E-state index in [9.17, 15) is 0 Å². The third-order valence-electron chi connectivity index (χ3n) is 3.90. The van der Waals surface area contributed by atoms with Crippen molar-refractivity contribution in [1.82, 2.24) is 5.32 Å². The van der Waals surface area contributed by atoms with Crippen LogP contribution in [0.1, 0.15) is 50.0 Å². The molecule has 2 heteroatoms. The fourth-order valence-corrected chi connectivity index (χ4v) is 2.52. The molecule has 2 rings (SSSR count). The van der Waals surface area contributed by atoms with Gasteiger partial charge in [0, 0.05) is 26.3 Å². The predicted octanol–water partition coefficient (Wildman–Crippen LogP) is 3.73. The van der Waals surface area contributed by atoms with Crippen molar-refractivity contribution in [3.63, 3.8) is 0 Å². The van der Waals surface area contributed by atoms with Gasteiger partial charge >= 0.3 is 0 Å². The van der Waals surface area contributed by atoms with Gasteiger partial charge in [0.15, 0.2) is 0 Å². The molecule has 0 radical (unpaired) electrons. The van der Waals surface area contributed by atoms with Crippen LogP contribution >= 0.6 is 0 Å². The molecule has 1 atom stereocenters. The summed E-state index contributed by atoms with van der Waals surface area (Å²) in [6, 6.07) is 11.8. The van der Waals surface area contributed by atoms with Crippen molar-refractivity contribution in [2.24, 2.45) is 0 Å². The Morgan fingerprint density at radius 3 is 2.63 bits per heavy atom. The van der Waals surface area contributed by atoms with Crippen LogP contribution in [0.25, 0.3) is 0 Å². The summed E-state index contributed by atoms with van der Waals surface area (Å²) in [5.41, 5.74) is 1.49. The van der Waals surface area contributed by atoms with Gasteiger partial charge in [0.2, 0.25) is 0 Å². The smallest absolute Gasteiger partial charge is 0.0462 e. The summed E-state index contributed by atoms with van der Waals surface area (Å²) in [6.07, 6.45) is 7.79. The first-order valence-electron chi connectivity index (χ1n) is 7.67. The molecule has 0 spiro atoms. The molecule has 19 heavy (non-hydrogen) atoms. The summed E-state index contributed by atoms with van der Waals surface area (Å²) in [7, 11) is 1.78. The molecule has 0 amide bonds. The third kappa shape index (κ3) is 5.75. The fraction of sp³-hybridized carbons (Fsp3) is 0.647. The second-order valence-corrected chi connectivity index (χ2v) is 5.63. The van der Waals surface area contributed by atoms with Gasteiger partial charge in [-0.2, -0.15) is 0 Å². The summed E-state index contributed by atoms with van der Waals surface area (Å²) in [4.78, 5) is 0. The standard InChI is InChI=1S/C17H27NO/c1-19-13-7-3-6-10-16(14-18-17-11-12-17)15-8-4-2-5-9-15/h2,4-5,8-9,16-18H,3,6-7,10-14H2,1H3. The Bertz CT molecular complexity index is 334. The Hall–Kier alpha value is -0.860. The average Bonchev–Trinajstić information content (AvgIpc) is 3.27. The largest absolute Gasteiger partial charge is 0.385 e. The maximum Gasteiger partial charge on any atom is 0.0462 e. The van der Waals surface area contributed by atoms with E-state index >= 15 is 0 Å². The summed E-state index contributed by atoms with van der Waals surface area (Å²) in [5, 5.41) is 3.68. The van der Waals surface area contributed by atoms with Gasteiger partial charge in [0.1, 0.15) is 0 Å². The Labute approximate surface area is 117 Å². The highest BCUT2D eigenvalue weighted by molar-refractivity contribution is 5.19. The SMILES string of the molecule is COCCCCCC(CNC1CC1)c1ccccc1. The number of rotatable bonds is 10. The number of unbranched alkanes of at least 4 members (excludes halogenated alkanes) is 2. The average molecular weight is 261 g/mol. The molecule has 0 heterocycles. The summed E-state index contributed by atoms with van der Waals surface area (Å²) in [5.74, 6) is 0.671. The van der Waals surface area contributed by atoms with Crippen LogP contribution in [-0.2, 0) is 4.74 Å². The molecule has 1 unspecified atom stereocenters. The summed E-state index contributed by atoms with van der Waals surface area (Å²) >= 11 is 0. The van der Waals surface area contributed by atoms with E-state index in [2.05, 4.69) is 35.6 Å². The molecule has 2 nitrogen and oxygen atoms in total. The molecule has 1 aromatic carbocycles. The van der Waals surface area contributed by atoms with E-state index in [1.807, 2.05) is 0 Å². The van der Waals surface area contributed by atoms with Crippen LogP contribution in [0, 0.1) is 0 Å². The number of hydrogen-bond acceptors (Lipinski definition) is 2. The van der Waals surface area contributed by atoms with Gasteiger partial charge in [-0.25, -0.2) is 0 Å². The Balaban J connectivity index is 1.76. The molecule has 0 saturated heterocycles. The van der Waals surface area contributed by atoms with Crippen molar-refractivity contribution < 1.29 is 4.74 Å². The van der Waals surface area contributed by atoms with Crippen molar-refractivity contribution in [1.29, 1.82) is 0 Å². The second-order valence-electron chi connectivity index (χ2n) is 5.63. The third-order valence-corrected chi connectivity index (χ3v) is 3.90. The van der Waals surface area contributed by atoms with E-state index in [-0.39, 0.29) is 0 Å². The van der Waals surface area contributed by atoms with Crippen molar-refractivity contribution in [2.45, 2.75) is 50.5 Å². The van der Waals surface area contributed by atoms with Gasteiger partial charge in [0.05, 0.1) is 0 Å². The van der Waals surface area contributed by atoms with Gasteiger partial charge in [-0.1, -0.05) is 43.2 Å². The van der Waals surface area contributed by atoms with Crippen LogP contribution < -0.4 is 5.32 Å². The number of benzene rings is 1. The zero-order valence-electron chi connectivity index (χ0n) is 12.1. The maximum absolute atomic E-state index is 5.11. The Kier molecular flexibility index (Phi) is 6.38. The topological polar surface area (TPSA) is 21.3 Å². The summed E-state index contributed by atoms with van der Waals surface area (Å²) < 4.78 is 5.11. The quantitative estimate of drug-likeness (QED) is 0.648. The van der Waals surface area contributed by atoms with Crippen LogP contribution in [-0.4, -0.2) is 26.3 Å². The molecule has 1 N–H and O–H groups in total. The van der Waals surface area contributed by atoms with Crippen LogP contribution in [0.2, 0.25) is 0 Å². The second kappa shape index (κ2) is 8.34. The van der Waals surface area contributed by atoms with E-state index in [0.717, 1.165) is 19.2 Å². The van der Waals surface area contributed by atoms with Gasteiger partial charge < -0.3 is 10.1 Å². The summed E-state index contributed by atoms with van der Waals surface area (Å²) in [6.45, 7) is 2.04. The number of hydrogen-bond donors (Lipinski definition) is 1. The van der Waals surface area contributed by atoms with Crippen LogP contribution in [0.3, 0.4) is 0 Å². The lowest BCUT2D eigenvalue weighted by Gasteiger charge is -2.18. The van der Waals surface area contributed by atoms with Gasteiger partial charge in [0.25, 0.3) is 0 Å². The molecule has 1 fully saturated rings. The minimum absolute atomic E-state index is 0.671. The van der Waals surface area contributed by atoms with Gasteiger partial charge in [-0.15, -0.1) is 0 Å². The molecular formula is C17H27NO. The molecule has 0 aromatic heterocycles. The van der Waals surface area contributed by atoms with Crippen molar-refractivity contribution >= 4 is 0 Å². The van der Waals surface area contributed by atoms with E-state index in [4.69, 9.17) is 4.74 Å². The maximum atomic E-state index is 5.11. The molecular weight excluding hydrogens is 234 g/mol. The first-order chi connectivity index (χ1) is 9.40. The molecule has 1 aliphatic carbocycles. The van der Waals surface area contributed by atoms with E-state index in [1.54, 1.807) is 7.11 Å². The highest BCUT2D eigenvalue weighted by Crippen LogP contribution is 2.24. The van der Waals surface area contributed by atoms with E-state index in [1.165, 1.54) is 44.1 Å². The minimum atomic E-state index is 0.671. The van der Waals surface area contributed by atoms with E-state index in [0.29, 0.717) is 5.92 Å². The molecule has 1 aliphatic rings. The zero-order chi connectivity index (χ0) is 13.3. The monoisotopic (exact) mass is 261 g/mol. The number of methoxy groups -OCH3 is 1. The number of ether oxygens (including phenoxy) is 1. The normalized spacial score (nSPS) is 16.5. The van der Waals surface area contributed by atoms with Crippen molar-refractivity contribution in [3.05, 3.63) is 35.9 Å². The molecule has 1 saturated carbocycles. The van der Waals surface area contributed by atoms with Crippen LogP contribution in [0.4, 0.5) is 0 Å². The minimum Gasteiger partial charge on any atom is -0.385 e. The van der Waals surface area contributed by atoms with Crippen LogP contribution in [0.5, 0.6) is 0 Å². The fourth-order valence-electron chi connectivity index (χ4n) is 2.52. The first-order valence-corrected chi connectivity index (χ1v) is 7.67. The molecule has 0 aliphatic heterocycles. The molecule has 1 aromatic rings. The van der Waals surface area contributed by atoms with Crippen molar-refractivity contribution in [3.8, 4) is 0 Å². The number of nitrogens with one attached hydrogen (secondary N) is 1. The lowest BCUT2D eigenvalue weighted by Crippen LogP contribution is -2.23. The lowest BCUT2D eigenvalue weighted by molar-refractivity contribution is 0.191. The van der Waals surface area contributed by atoms with E-state index < -0.39 is 0 Å². The zero-order valence-corrected chi connectivity index (χ0v) is 12.1. The van der Waals surface area contributed by atoms with Gasteiger partial charge in [-0.3, -0.25) is 0 Å². The highest BCUT2D eigenvalue weighted by Gasteiger charge is 2.22. The molecule has 0 bridgehead atoms. The van der Waals surface area contributed by atoms with Crippen LogP contribution in [0.15, 0.2) is 30.3 Å². The first kappa shape index (κ1) is 14.5. The Morgan fingerprint density at radius 1 is 1.16 bits per heavy atom. The predicted molar refractivity (Wildman–Crippen MR) is 80.6 cm³/mol. The molecule has 106 valence electrons. The van der Waals surface area contributed by atoms with Crippen molar-refractivity contribution in [2.75, 3.05) is 20.3 Å². The lowest BCUT2D eigenvalue weighted by atomic mass is 9.93.